The van der Waals surface area contributed by atoms with Crippen LogP contribution < -0.4 is 0 Å². The molecule has 0 saturated heterocycles. The topological polar surface area (TPSA) is 0 Å². The van der Waals surface area contributed by atoms with Crippen LogP contribution in [0.5, 0.6) is 0 Å². The fraction of sp³-hybridized carbons (Fsp3) is 0.333. The van der Waals surface area contributed by atoms with E-state index < -0.39 is 8.07 Å². The number of hydrogen-bond acceptors (Lipinski definition) is 0. The molecule has 0 aromatic rings. The quantitative estimate of drug-likeness (QED) is 0.542. The average Bonchev–Trinajstić information content (AvgIpc) is 2.01. The van der Waals surface area contributed by atoms with Crippen molar-refractivity contribution in [2.45, 2.75) is 13.1 Å². The van der Waals surface area contributed by atoms with E-state index in [0.29, 0.717) is 0 Å². The highest BCUT2D eigenvalue weighted by Gasteiger charge is 2.27. The zero-order valence-corrected chi connectivity index (χ0v) is 13.5. The van der Waals surface area contributed by atoms with Crippen LogP contribution in [0.4, 0.5) is 0 Å². The molecule has 0 bridgehead atoms. The molecule has 0 aromatic carbocycles. The van der Waals surface area contributed by atoms with Crippen LogP contribution in [0.1, 0.15) is 0 Å². The van der Waals surface area contributed by atoms with E-state index in [1.807, 2.05) is 9.97 Å². The largest absolute Gasteiger partial charge is 0.131 e. The van der Waals surface area contributed by atoms with Crippen LogP contribution in [0.3, 0.4) is 0 Å². The molecule has 0 unspecified atom stereocenters. The maximum absolute atomic E-state index is 3.52. The Morgan fingerprint density at radius 3 is 1.45 bits per heavy atom. The summed E-state index contributed by atoms with van der Waals surface area (Å²) in [6, 6.07) is 0. The lowest BCUT2D eigenvalue weighted by Gasteiger charge is -2.20. The minimum absolute atomic E-state index is 1.23. The number of rotatable bonds is 2. The summed E-state index contributed by atoms with van der Waals surface area (Å²) in [5.74, 6) is 0. The molecule has 0 fully saturated rings. The van der Waals surface area contributed by atoms with E-state index in [1.54, 1.807) is 0 Å². The first kappa shape index (κ1) is 12.6. The Kier molecular flexibility index (Phi) is 6.16. The van der Waals surface area contributed by atoms with Crippen molar-refractivity contribution in [3.63, 3.8) is 0 Å². The maximum atomic E-state index is 3.52. The predicted molar refractivity (Wildman–Crippen MR) is 69.4 cm³/mol. The summed E-state index contributed by atoms with van der Waals surface area (Å²) >= 11 is 13.7. The van der Waals surface area contributed by atoms with Gasteiger partial charge in [0.05, 0.1) is 0 Å². The molecule has 0 aliphatic rings. The Labute approximate surface area is 102 Å². The van der Waals surface area contributed by atoms with Crippen molar-refractivity contribution >= 4 is 71.8 Å². The molecule has 0 aliphatic heterocycles. The highest BCUT2D eigenvalue weighted by atomic mass is 79.9. The van der Waals surface area contributed by atoms with Crippen LogP contribution in [0.2, 0.25) is 13.1 Å². The third kappa shape index (κ3) is 3.46. The second kappa shape index (κ2) is 5.37. The molecule has 0 atom stereocenters. The molecule has 0 aromatic heterocycles. The molecule has 0 radical (unpaired) electrons. The predicted octanol–water partition coefficient (Wildman–Crippen LogP) is 5.04. The molecule has 0 amide bonds. The molecule has 0 rings (SSSR count). The van der Waals surface area contributed by atoms with Gasteiger partial charge in [-0.05, 0) is 18.2 Å². The monoisotopic (exact) mass is 424 g/mol. The Hall–Kier alpha value is 1.62. The van der Waals surface area contributed by atoms with Crippen LogP contribution in [-0.4, -0.2) is 8.07 Å². The first-order chi connectivity index (χ1) is 4.96. The van der Waals surface area contributed by atoms with Crippen molar-refractivity contribution in [3.05, 3.63) is 18.2 Å². The number of halogens is 4. The first-order valence-corrected chi connectivity index (χ1v) is 9.31. The van der Waals surface area contributed by atoms with Gasteiger partial charge in [0.25, 0.3) is 0 Å². The standard InChI is InChI=1S/C6H8Br4Si/c1-11(2,5(9)3-7)6(10)4-8/h3-4H,1-2H3. The Morgan fingerprint density at radius 1 is 1.00 bits per heavy atom. The zero-order valence-electron chi connectivity index (χ0n) is 6.17. The van der Waals surface area contributed by atoms with Gasteiger partial charge < -0.3 is 0 Å². The van der Waals surface area contributed by atoms with Crippen molar-refractivity contribution < 1.29 is 0 Å². The van der Waals surface area contributed by atoms with E-state index in [-0.39, 0.29) is 0 Å². The molecule has 64 valence electrons. The van der Waals surface area contributed by atoms with Crippen LogP contribution in [0.15, 0.2) is 18.2 Å². The fourth-order valence-corrected chi connectivity index (χ4v) is 6.67. The van der Waals surface area contributed by atoms with E-state index >= 15 is 0 Å². The summed E-state index contributed by atoms with van der Waals surface area (Å²) in [4.78, 5) is 3.86. The lowest BCUT2D eigenvalue weighted by Crippen LogP contribution is -2.26. The van der Waals surface area contributed by atoms with Gasteiger partial charge in [0, 0.05) is 0 Å². The van der Waals surface area contributed by atoms with Gasteiger partial charge in [0.2, 0.25) is 0 Å². The molecular weight excluding hydrogens is 420 g/mol. The molecule has 0 nitrogen and oxygen atoms in total. The SMILES string of the molecule is C[Si](C)(C(Br)=CBr)C(Br)=CBr. The molecule has 11 heavy (non-hydrogen) atoms. The lowest BCUT2D eigenvalue weighted by molar-refractivity contribution is 1.82. The minimum Gasteiger partial charge on any atom is -0.0606 e. The van der Waals surface area contributed by atoms with Gasteiger partial charge in [-0.15, -0.1) is 0 Å². The minimum atomic E-state index is -1.45. The average molecular weight is 428 g/mol. The van der Waals surface area contributed by atoms with Gasteiger partial charge >= 0.3 is 0 Å². The zero-order chi connectivity index (χ0) is 9.07. The summed E-state index contributed by atoms with van der Waals surface area (Å²) in [7, 11) is -1.45. The van der Waals surface area contributed by atoms with Crippen LogP contribution in [0.25, 0.3) is 0 Å². The molecule has 0 aliphatic carbocycles. The molecule has 0 saturated carbocycles. The highest BCUT2D eigenvalue weighted by molar-refractivity contribution is 9.15. The maximum Gasteiger partial charge on any atom is 0.131 e. The van der Waals surface area contributed by atoms with Crippen LogP contribution in [-0.2, 0) is 0 Å². The van der Waals surface area contributed by atoms with Gasteiger partial charge in [-0.25, -0.2) is 0 Å². The van der Waals surface area contributed by atoms with Crippen molar-refractivity contribution in [1.82, 2.24) is 0 Å². The van der Waals surface area contributed by atoms with Gasteiger partial charge in [-0.3, -0.25) is 0 Å². The van der Waals surface area contributed by atoms with Crippen molar-refractivity contribution in [1.29, 1.82) is 0 Å². The normalized spacial score (nSPS) is 15.5. The lowest BCUT2D eigenvalue weighted by atomic mass is 11.2. The van der Waals surface area contributed by atoms with Gasteiger partial charge in [0.15, 0.2) is 0 Å². The highest BCUT2D eigenvalue weighted by Crippen LogP contribution is 2.32. The smallest absolute Gasteiger partial charge is 0.0606 e. The fourth-order valence-electron chi connectivity index (χ4n) is 0.387. The summed E-state index contributed by atoms with van der Waals surface area (Å²) in [6.07, 6.45) is 0. The molecule has 0 spiro atoms. The van der Waals surface area contributed by atoms with E-state index in [2.05, 4.69) is 76.8 Å². The summed E-state index contributed by atoms with van der Waals surface area (Å²) in [6.45, 7) is 4.49. The third-order valence-corrected chi connectivity index (χ3v) is 13.5. The first-order valence-electron chi connectivity index (χ1n) is 2.89. The summed E-state index contributed by atoms with van der Waals surface area (Å²) in [5, 5.41) is 0. The second-order valence-corrected chi connectivity index (χ2v) is 11.0. The van der Waals surface area contributed by atoms with Gasteiger partial charge in [0.1, 0.15) is 8.07 Å². The Morgan fingerprint density at radius 2 is 1.27 bits per heavy atom. The summed E-state index contributed by atoms with van der Waals surface area (Å²) in [5.41, 5.74) is 0. The van der Waals surface area contributed by atoms with E-state index in [4.69, 9.17) is 0 Å². The second-order valence-electron chi connectivity index (χ2n) is 2.54. The van der Waals surface area contributed by atoms with E-state index in [0.717, 1.165) is 0 Å². The van der Waals surface area contributed by atoms with Crippen molar-refractivity contribution in [2.24, 2.45) is 0 Å². The molecule has 0 heterocycles. The summed E-state index contributed by atoms with van der Waals surface area (Å²) < 4.78 is 2.46. The van der Waals surface area contributed by atoms with Crippen molar-refractivity contribution in [2.75, 3.05) is 0 Å². The van der Waals surface area contributed by atoms with E-state index in [1.165, 1.54) is 8.21 Å². The third-order valence-electron chi connectivity index (χ3n) is 1.39. The van der Waals surface area contributed by atoms with Gasteiger partial charge in [-0.2, -0.15) is 0 Å². The molecule has 0 N–H and O–H groups in total. The van der Waals surface area contributed by atoms with Crippen molar-refractivity contribution in [3.8, 4) is 0 Å². The van der Waals surface area contributed by atoms with Crippen LogP contribution >= 0.6 is 63.7 Å². The Bertz CT molecular complexity index is 175. The number of hydrogen-bond donors (Lipinski definition) is 0. The van der Waals surface area contributed by atoms with Gasteiger partial charge in [-0.1, -0.05) is 76.8 Å². The van der Waals surface area contributed by atoms with E-state index in [9.17, 15) is 0 Å². The molecular formula is C6H8Br4Si. The van der Waals surface area contributed by atoms with Crippen LogP contribution in [0, 0.1) is 0 Å². The Balaban J connectivity index is 4.73. The molecule has 5 heteroatoms.